The molecule has 0 spiro atoms. The molecular formula is C15H20N2OS2. The van der Waals surface area contributed by atoms with Gasteiger partial charge in [-0.05, 0) is 42.5 Å². The van der Waals surface area contributed by atoms with Crippen molar-refractivity contribution in [2.75, 3.05) is 0 Å². The van der Waals surface area contributed by atoms with E-state index in [1.165, 1.54) is 4.88 Å². The number of rotatable bonds is 1. The van der Waals surface area contributed by atoms with Crippen molar-refractivity contribution in [3.05, 3.63) is 25.6 Å². The van der Waals surface area contributed by atoms with E-state index in [1.54, 1.807) is 15.9 Å². The third kappa shape index (κ3) is 1.51. The molecule has 0 unspecified atom stereocenters. The van der Waals surface area contributed by atoms with Crippen molar-refractivity contribution in [1.82, 2.24) is 9.55 Å². The Bertz CT molecular complexity index is 822. The summed E-state index contributed by atoms with van der Waals surface area (Å²) in [5.74, 6) is 0. The number of hydrogen-bond acceptors (Lipinski definition) is 3. The highest BCUT2D eigenvalue weighted by Gasteiger charge is 2.66. The van der Waals surface area contributed by atoms with Crippen molar-refractivity contribution in [2.45, 2.75) is 47.6 Å². The van der Waals surface area contributed by atoms with Crippen molar-refractivity contribution < 1.29 is 0 Å². The maximum absolute atomic E-state index is 12.9. The normalized spacial score (nSPS) is 20.5. The van der Waals surface area contributed by atoms with Crippen LogP contribution < -0.4 is 5.56 Å². The van der Waals surface area contributed by atoms with Gasteiger partial charge in [0.1, 0.15) is 4.83 Å². The molecule has 0 aromatic carbocycles. The third-order valence-corrected chi connectivity index (χ3v) is 6.88. The van der Waals surface area contributed by atoms with Gasteiger partial charge in [-0.25, -0.2) is 0 Å². The van der Waals surface area contributed by atoms with E-state index in [9.17, 15) is 4.79 Å². The van der Waals surface area contributed by atoms with Crippen LogP contribution >= 0.6 is 23.6 Å². The van der Waals surface area contributed by atoms with E-state index >= 15 is 0 Å². The summed E-state index contributed by atoms with van der Waals surface area (Å²) in [6, 6.07) is 0.162. The highest BCUT2D eigenvalue weighted by Crippen LogP contribution is 2.71. The largest absolute Gasteiger partial charge is 0.323 e. The maximum atomic E-state index is 12.9. The minimum atomic E-state index is 0.0641. The van der Waals surface area contributed by atoms with Gasteiger partial charge in [0.05, 0.1) is 11.4 Å². The second-order valence-electron chi connectivity index (χ2n) is 6.94. The Hall–Kier alpha value is -0.940. The predicted octanol–water partition coefficient (Wildman–Crippen LogP) is 4.34. The van der Waals surface area contributed by atoms with Crippen LogP contribution in [0.4, 0.5) is 0 Å². The highest BCUT2D eigenvalue weighted by molar-refractivity contribution is 7.71. The van der Waals surface area contributed by atoms with Gasteiger partial charge in [0, 0.05) is 4.88 Å². The Morgan fingerprint density at radius 1 is 1.20 bits per heavy atom. The minimum absolute atomic E-state index is 0.0641. The summed E-state index contributed by atoms with van der Waals surface area (Å²) >= 11 is 7.07. The summed E-state index contributed by atoms with van der Waals surface area (Å²) in [6.07, 6.45) is 0. The van der Waals surface area contributed by atoms with E-state index in [2.05, 4.69) is 32.7 Å². The van der Waals surface area contributed by atoms with Gasteiger partial charge in [0.25, 0.3) is 5.56 Å². The summed E-state index contributed by atoms with van der Waals surface area (Å²) in [5, 5.41) is 0.805. The molecule has 1 aliphatic carbocycles. The number of aromatic amines is 1. The van der Waals surface area contributed by atoms with Crippen molar-refractivity contribution in [3.63, 3.8) is 0 Å². The minimum Gasteiger partial charge on any atom is -0.323 e. The number of fused-ring (bicyclic) bond motifs is 1. The van der Waals surface area contributed by atoms with Crippen molar-refractivity contribution in [1.29, 1.82) is 0 Å². The van der Waals surface area contributed by atoms with Crippen LogP contribution in [0.1, 0.15) is 44.2 Å². The van der Waals surface area contributed by atoms with Gasteiger partial charge < -0.3 is 4.98 Å². The van der Waals surface area contributed by atoms with Crippen molar-refractivity contribution >= 4 is 33.8 Å². The lowest BCUT2D eigenvalue weighted by Gasteiger charge is -2.08. The number of thiophene rings is 1. The summed E-state index contributed by atoms with van der Waals surface area (Å²) in [4.78, 5) is 18.3. The number of hydrogen-bond donors (Lipinski definition) is 1. The molecule has 0 radical (unpaired) electrons. The fourth-order valence-corrected chi connectivity index (χ4v) is 4.79. The summed E-state index contributed by atoms with van der Waals surface area (Å²) in [6.45, 7) is 12.9. The first-order chi connectivity index (χ1) is 9.10. The van der Waals surface area contributed by atoms with E-state index in [4.69, 9.17) is 12.2 Å². The van der Waals surface area contributed by atoms with Gasteiger partial charge in [-0.2, -0.15) is 0 Å². The predicted molar refractivity (Wildman–Crippen MR) is 87.3 cm³/mol. The van der Waals surface area contributed by atoms with E-state index in [0.717, 1.165) is 15.8 Å². The molecule has 2 aromatic rings. The van der Waals surface area contributed by atoms with Gasteiger partial charge in [-0.15, -0.1) is 11.3 Å². The molecule has 0 saturated heterocycles. The molecule has 0 amide bonds. The lowest BCUT2D eigenvalue weighted by Crippen LogP contribution is -2.23. The molecule has 2 heterocycles. The molecular weight excluding hydrogens is 288 g/mol. The second kappa shape index (κ2) is 3.83. The van der Waals surface area contributed by atoms with Crippen LogP contribution in [0.5, 0.6) is 0 Å². The quantitative estimate of drug-likeness (QED) is 0.796. The number of aryl methyl sites for hydroxylation is 2. The zero-order valence-electron chi connectivity index (χ0n) is 12.7. The lowest BCUT2D eigenvalue weighted by atomic mass is 10.0. The lowest BCUT2D eigenvalue weighted by molar-refractivity contribution is 0.457. The van der Waals surface area contributed by atoms with Gasteiger partial charge >= 0.3 is 0 Å². The van der Waals surface area contributed by atoms with Crippen molar-refractivity contribution in [3.8, 4) is 0 Å². The standard InChI is InChI=1S/C15H20N2OS2/c1-7-8(2)20-10-9(7)11(18)17(13(19)16-10)12-14(3,4)15(12,5)6/h12H,1-6H3,(H,16,19). The monoisotopic (exact) mass is 308 g/mol. The van der Waals surface area contributed by atoms with Crippen molar-refractivity contribution in [2.24, 2.45) is 10.8 Å². The molecule has 20 heavy (non-hydrogen) atoms. The highest BCUT2D eigenvalue weighted by atomic mass is 32.1. The number of H-pyrrole nitrogens is 1. The van der Waals surface area contributed by atoms with Gasteiger partial charge in [0.15, 0.2) is 4.77 Å². The van der Waals surface area contributed by atoms with Crippen LogP contribution in [-0.2, 0) is 0 Å². The number of aromatic nitrogens is 2. The van der Waals surface area contributed by atoms with E-state index in [0.29, 0.717) is 4.77 Å². The van der Waals surface area contributed by atoms with Gasteiger partial charge in [0.2, 0.25) is 0 Å². The van der Waals surface area contributed by atoms with Gasteiger partial charge in [-0.1, -0.05) is 27.7 Å². The molecule has 108 valence electrons. The SMILES string of the molecule is Cc1sc2[nH]c(=S)n(C3C(C)(C)C3(C)C)c(=O)c2c1C. The Morgan fingerprint density at radius 3 is 2.25 bits per heavy atom. The van der Waals surface area contributed by atoms with Crippen LogP contribution in [0.25, 0.3) is 10.2 Å². The van der Waals surface area contributed by atoms with E-state index < -0.39 is 0 Å². The van der Waals surface area contributed by atoms with Crippen LogP contribution in [0.15, 0.2) is 4.79 Å². The Morgan fingerprint density at radius 2 is 1.75 bits per heavy atom. The second-order valence-corrected chi connectivity index (χ2v) is 8.55. The Balaban J connectivity index is 2.37. The first kappa shape index (κ1) is 14.0. The average molecular weight is 308 g/mol. The molecule has 3 nitrogen and oxygen atoms in total. The van der Waals surface area contributed by atoms with E-state index in [-0.39, 0.29) is 22.4 Å². The Labute approximate surface area is 127 Å². The molecule has 1 fully saturated rings. The van der Waals surface area contributed by atoms with E-state index in [1.807, 2.05) is 13.8 Å². The average Bonchev–Trinajstić information content (AvgIpc) is 2.59. The zero-order chi connectivity index (χ0) is 15.0. The third-order valence-electron chi connectivity index (χ3n) is 5.46. The topological polar surface area (TPSA) is 37.8 Å². The van der Waals surface area contributed by atoms with Crippen LogP contribution in [0, 0.1) is 29.4 Å². The number of nitrogens with one attached hydrogen (secondary N) is 1. The molecule has 0 atom stereocenters. The molecule has 1 aliphatic rings. The first-order valence-electron chi connectivity index (χ1n) is 6.85. The van der Waals surface area contributed by atoms with Crippen LogP contribution in [-0.4, -0.2) is 9.55 Å². The molecule has 0 aliphatic heterocycles. The first-order valence-corrected chi connectivity index (χ1v) is 8.07. The summed E-state index contributed by atoms with van der Waals surface area (Å²) < 4.78 is 2.35. The van der Waals surface area contributed by atoms with Crippen LogP contribution in [0.3, 0.4) is 0 Å². The van der Waals surface area contributed by atoms with Crippen LogP contribution in [0.2, 0.25) is 0 Å². The van der Waals surface area contributed by atoms with Gasteiger partial charge in [-0.3, -0.25) is 9.36 Å². The number of nitrogens with zero attached hydrogens (tertiary/aromatic N) is 1. The maximum Gasteiger partial charge on any atom is 0.263 e. The fourth-order valence-electron chi connectivity index (χ4n) is 3.38. The molecule has 1 saturated carbocycles. The molecule has 2 aromatic heterocycles. The fraction of sp³-hybridized carbons (Fsp3) is 0.600. The molecule has 1 N–H and O–H groups in total. The summed E-state index contributed by atoms with van der Waals surface area (Å²) in [5.41, 5.74) is 1.32. The zero-order valence-corrected chi connectivity index (χ0v) is 14.4. The molecule has 0 bridgehead atoms. The summed E-state index contributed by atoms with van der Waals surface area (Å²) in [7, 11) is 0. The smallest absolute Gasteiger partial charge is 0.263 e. The molecule has 5 heteroatoms. The molecule has 3 rings (SSSR count). The Kier molecular flexibility index (Phi) is 2.68.